The van der Waals surface area contributed by atoms with E-state index >= 15 is 0 Å². The van der Waals surface area contributed by atoms with Gasteiger partial charge in [0.25, 0.3) is 0 Å². The molecule has 0 aliphatic carbocycles. The van der Waals surface area contributed by atoms with Crippen molar-refractivity contribution >= 4 is 27.5 Å². The second kappa shape index (κ2) is 5.51. The molecule has 13 heavy (non-hydrogen) atoms. The Bertz CT molecular complexity index is 255. The van der Waals surface area contributed by atoms with Crippen LogP contribution >= 0.6 is 27.5 Å². The lowest BCUT2D eigenvalue weighted by molar-refractivity contribution is 0.309. The molecule has 1 nitrogen and oxygen atoms in total. The standard InChI is InChI=1S/C10H12BrClO/c1-2-3-4-13-10-6-8(11)5-9(12)7-10/h5-7H,2-4H2,1H3. The minimum Gasteiger partial charge on any atom is -0.494 e. The molecular formula is C10H12BrClO. The van der Waals surface area contributed by atoms with Crippen LogP contribution in [0.25, 0.3) is 0 Å². The molecule has 0 heterocycles. The molecule has 1 aromatic rings. The van der Waals surface area contributed by atoms with E-state index in [0.29, 0.717) is 5.02 Å². The summed E-state index contributed by atoms with van der Waals surface area (Å²) in [7, 11) is 0. The van der Waals surface area contributed by atoms with E-state index in [0.717, 1.165) is 29.7 Å². The molecule has 0 atom stereocenters. The van der Waals surface area contributed by atoms with E-state index in [1.54, 1.807) is 0 Å². The number of benzene rings is 1. The fraction of sp³-hybridized carbons (Fsp3) is 0.400. The first kappa shape index (κ1) is 10.9. The van der Waals surface area contributed by atoms with Crippen molar-refractivity contribution in [3.8, 4) is 5.75 Å². The summed E-state index contributed by atoms with van der Waals surface area (Å²) in [6, 6.07) is 5.58. The Morgan fingerprint density at radius 1 is 1.38 bits per heavy atom. The van der Waals surface area contributed by atoms with Crippen LogP contribution in [-0.4, -0.2) is 6.61 Å². The van der Waals surface area contributed by atoms with Gasteiger partial charge in [-0.1, -0.05) is 40.9 Å². The van der Waals surface area contributed by atoms with E-state index in [9.17, 15) is 0 Å². The Kier molecular flexibility index (Phi) is 4.60. The minimum absolute atomic E-state index is 0.695. The highest BCUT2D eigenvalue weighted by atomic mass is 79.9. The van der Waals surface area contributed by atoms with Gasteiger partial charge in [-0.3, -0.25) is 0 Å². The molecule has 0 aromatic heterocycles. The van der Waals surface area contributed by atoms with Gasteiger partial charge in [0, 0.05) is 9.50 Å². The molecule has 1 aromatic carbocycles. The third-order valence-corrected chi connectivity index (χ3v) is 2.28. The fourth-order valence-electron chi connectivity index (χ4n) is 0.946. The van der Waals surface area contributed by atoms with Crippen LogP contribution in [0.4, 0.5) is 0 Å². The van der Waals surface area contributed by atoms with Gasteiger partial charge in [0.15, 0.2) is 0 Å². The zero-order valence-electron chi connectivity index (χ0n) is 7.52. The average Bonchev–Trinajstić information content (AvgIpc) is 2.03. The summed E-state index contributed by atoms with van der Waals surface area (Å²) in [6.07, 6.45) is 2.21. The lowest BCUT2D eigenvalue weighted by Gasteiger charge is -2.05. The maximum absolute atomic E-state index is 5.85. The van der Waals surface area contributed by atoms with Crippen molar-refractivity contribution < 1.29 is 4.74 Å². The first-order valence-corrected chi connectivity index (χ1v) is 5.48. The molecule has 0 spiro atoms. The molecule has 0 fully saturated rings. The highest BCUT2D eigenvalue weighted by molar-refractivity contribution is 9.10. The summed E-state index contributed by atoms with van der Waals surface area (Å²) in [6.45, 7) is 2.89. The van der Waals surface area contributed by atoms with Crippen molar-refractivity contribution in [3.05, 3.63) is 27.7 Å². The third-order valence-electron chi connectivity index (χ3n) is 1.60. The first-order valence-electron chi connectivity index (χ1n) is 4.31. The number of unbranched alkanes of at least 4 members (excludes halogenated alkanes) is 1. The SMILES string of the molecule is CCCCOc1cc(Cl)cc(Br)c1. The van der Waals surface area contributed by atoms with Gasteiger partial charge >= 0.3 is 0 Å². The molecule has 3 heteroatoms. The minimum atomic E-state index is 0.695. The molecule has 0 unspecified atom stereocenters. The van der Waals surface area contributed by atoms with Gasteiger partial charge in [-0.25, -0.2) is 0 Å². The molecular weight excluding hydrogens is 251 g/mol. The topological polar surface area (TPSA) is 9.23 Å². The van der Waals surface area contributed by atoms with Crippen LogP contribution < -0.4 is 4.74 Å². The lowest BCUT2D eigenvalue weighted by Crippen LogP contribution is -1.96. The predicted octanol–water partition coefficient (Wildman–Crippen LogP) is 4.28. The van der Waals surface area contributed by atoms with Crippen LogP contribution in [0, 0.1) is 0 Å². The Morgan fingerprint density at radius 3 is 2.77 bits per heavy atom. The van der Waals surface area contributed by atoms with Crippen molar-refractivity contribution in [2.75, 3.05) is 6.61 Å². The summed E-state index contributed by atoms with van der Waals surface area (Å²) < 4.78 is 6.44. The molecule has 0 aliphatic heterocycles. The zero-order valence-corrected chi connectivity index (χ0v) is 9.86. The summed E-state index contributed by atoms with van der Waals surface area (Å²) in [5, 5.41) is 0.695. The number of halogens is 2. The van der Waals surface area contributed by atoms with Gasteiger partial charge in [0.05, 0.1) is 6.61 Å². The number of hydrogen-bond donors (Lipinski definition) is 0. The monoisotopic (exact) mass is 262 g/mol. The Labute approximate surface area is 92.2 Å². The Morgan fingerprint density at radius 2 is 2.15 bits per heavy atom. The molecule has 0 saturated heterocycles. The van der Waals surface area contributed by atoms with E-state index in [4.69, 9.17) is 16.3 Å². The van der Waals surface area contributed by atoms with Crippen LogP contribution in [0.15, 0.2) is 22.7 Å². The van der Waals surface area contributed by atoms with Gasteiger partial charge in [0.1, 0.15) is 5.75 Å². The van der Waals surface area contributed by atoms with Crippen LogP contribution in [-0.2, 0) is 0 Å². The maximum atomic E-state index is 5.85. The van der Waals surface area contributed by atoms with Crippen LogP contribution in [0.3, 0.4) is 0 Å². The van der Waals surface area contributed by atoms with Crippen LogP contribution in [0.5, 0.6) is 5.75 Å². The molecule has 1 rings (SSSR count). The van der Waals surface area contributed by atoms with Crippen LogP contribution in [0.2, 0.25) is 5.02 Å². The predicted molar refractivity (Wildman–Crippen MR) is 59.6 cm³/mol. The van der Waals surface area contributed by atoms with Crippen molar-refractivity contribution in [2.45, 2.75) is 19.8 Å². The van der Waals surface area contributed by atoms with Crippen LogP contribution in [0.1, 0.15) is 19.8 Å². The molecule has 0 bridgehead atoms. The molecule has 0 aliphatic rings. The first-order chi connectivity index (χ1) is 6.22. The number of ether oxygens (including phenoxy) is 1. The second-order valence-electron chi connectivity index (χ2n) is 2.81. The highest BCUT2D eigenvalue weighted by Crippen LogP contribution is 2.24. The van der Waals surface area contributed by atoms with Gasteiger partial charge < -0.3 is 4.74 Å². The van der Waals surface area contributed by atoms with Crippen molar-refractivity contribution in [1.82, 2.24) is 0 Å². The molecule has 0 amide bonds. The molecule has 0 N–H and O–H groups in total. The zero-order chi connectivity index (χ0) is 9.68. The quantitative estimate of drug-likeness (QED) is 0.737. The highest BCUT2D eigenvalue weighted by Gasteiger charge is 1.97. The number of rotatable bonds is 4. The molecule has 72 valence electrons. The van der Waals surface area contributed by atoms with Gasteiger partial charge in [-0.05, 0) is 24.6 Å². The summed E-state index contributed by atoms with van der Waals surface area (Å²) >= 11 is 9.21. The van der Waals surface area contributed by atoms with Gasteiger partial charge in [-0.15, -0.1) is 0 Å². The summed E-state index contributed by atoms with van der Waals surface area (Å²) in [5.74, 6) is 0.827. The average molecular weight is 264 g/mol. The largest absolute Gasteiger partial charge is 0.494 e. The van der Waals surface area contributed by atoms with E-state index in [2.05, 4.69) is 22.9 Å². The van der Waals surface area contributed by atoms with Crippen molar-refractivity contribution in [3.63, 3.8) is 0 Å². The lowest BCUT2D eigenvalue weighted by atomic mass is 10.3. The maximum Gasteiger partial charge on any atom is 0.121 e. The summed E-state index contributed by atoms with van der Waals surface area (Å²) in [4.78, 5) is 0. The van der Waals surface area contributed by atoms with E-state index in [-0.39, 0.29) is 0 Å². The van der Waals surface area contributed by atoms with E-state index < -0.39 is 0 Å². The van der Waals surface area contributed by atoms with E-state index in [1.165, 1.54) is 0 Å². The smallest absolute Gasteiger partial charge is 0.121 e. The number of hydrogen-bond acceptors (Lipinski definition) is 1. The summed E-state index contributed by atoms with van der Waals surface area (Å²) in [5.41, 5.74) is 0. The normalized spacial score (nSPS) is 10.1. The Balaban J connectivity index is 2.56. The van der Waals surface area contributed by atoms with Gasteiger partial charge in [-0.2, -0.15) is 0 Å². The second-order valence-corrected chi connectivity index (χ2v) is 4.16. The van der Waals surface area contributed by atoms with E-state index in [1.807, 2.05) is 18.2 Å². The fourth-order valence-corrected chi connectivity index (χ4v) is 1.78. The van der Waals surface area contributed by atoms with Crippen molar-refractivity contribution in [2.24, 2.45) is 0 Å². The van der Waals surface area contributed by atoms with Crippen molar-refractivity contribution in [1.29, 1.82) is 0 Å². The van der Waals surface area contributed by atoms with Gasteiger partial charge in [0.2, 0.25) is 0 Å². The molecule has 0 saturated carbocycles. The third kappa shape index (κ3) is 4.01. The molecule has 0 radical (unpaired) electrons. The Hall–Kier alpha value is -0.210.